The molecule has 1 fully saturated rings. The van der Waals surface area contributed by atoms with Crippen molar-refractivity contribution in [3.05, 3.63) is 0 Å². The standard InChI is InChI=1S/C7H12O3S/c8-6-3-1-5(2-4-6)7(9)10-11/h5-6,8,11H,1-4H2. The van der Waals surface area contributed by atoms with Gasteiger partial charge in [0.2, 0.25) is 0 Å². The minimum absolute atomic E-state index is 0.0455. The third-order valence-electron chi connectivity index (χ3n) is 2.12. The predicted octanol–water partition coefficient (Wildman–Crippen LogP) is 0.925. The van der Waals surface area contributed by atoms with Crippen molar-refractivity contribution in [2.24, 2.45) is 5.92 Å². The summed E-state index contributed by atoms with van der Waals surface area (Å²) in [5.74, 6) is -0.309. The summed E-state index contributed by atoms with van der Waals surface area (Å²) < 4.78 is 4.30. The number of thiol groups is 1. The summed E-state index contributed by atoms with van der Waals surface area (Å²) in [4.78, 5) is 10.9. The van der Waals surface area contributed by atoms with Crippen molar-refractivity contribution in [3.8, 4) is 0 Å². The third kappa shape index (κ3) is 2.38. The van der Waals surface area contributed by atoms with Crippen LogP contribution in [-0.4, -0.2) is 17.2 Å². The highest BCUT2D eigenvalue weighted by molar-refractivity contribution is 7.75. The molecule has 0 spiro atoms. The molecule has 3 nitrogen and oxygen atoms in total. The van der Waals surface area contributed by atoms with E-state index in [2.05, 4.69) is 17.1 Å². The summed E-state index contributed by atoms with van der Waals surface area (Å²) in [7, 11) is 0. The molecule has 1 aliphatic rings. The molecule has 0 aromatic rings. The minimum Gasteiger partial charge on any atom is -0.394 e. The summed E-state index contributed by atoms with van der Waals surface area (Å²) >= 11 is 3.44. The predicted molar refractivity (Wildman–Crippen MR) is 43.0 cm³/mol. The zero-order valence-corrected chi connectivity index (χ0v) is 7.09. The van der Waals surface area contributed by atoms with Crippen LogP contribution in [0.2, 0.25) is 0 Å². The van der Waals surface area contributed by atoms with E-state index in [1.807, 2.05) is 0 Å². The third-order valence-corrected chi connectivity index (χ3v) is 2.30. The Morgan fingerprint density at radius 1 is 1.36 bits per heavy atom. The van der Waals surface area contributed by atoms with Crippen LogP contribution in [0.5, 0.6) is 0 Å². The summed E-state index contributed by atoms with van der Waals surface area (Å²) in [5, 5.41) is 9.11. The Morgan fingerprint density at radius 3 is 2.36 bits per heavy atom. The van der Waals surface area contributed by atoms with Crippen molar-refractivity contribution in [2.75, 3.05) is 0 Å². The SMILES string of the molecule is O=C(OS)C1CCC(O)CC1. The zero-order valence-electron chi connectivity index (χ0n) is 6.19. The molecule has 0 saturated heterocycles. The fourth-order valence-electron chi connectivity index (χ4n) is 1.39. The highest BCUT2D eigenvalue weighted by Gasteiger charge is 2.25. The molecule has 0 bridgehead atoms. The fourth-order valence-corrected chi connectivity index (χ4v) is 1.54. The van der Waals surface area contributed by atoms with Crippen LogP contribution < -0.4 is 0 Å². The number of carbonyl (C=O) groups excluding carboxylic acids is 1. The molecule has 0 unspecified atom stereocenters. The molecule has 11 heavy (non-hydrogen) atoms. The van der Waals surface area contributed by atoms with Gasteiger partial charge in [0.25, 0.3) is 0 Å². The van der Waals surface area contributed by atoms with Gasteiger partial charge in [0.05, 0.1) is 12.0 Å². The van der Waals surface area contributed by atoms with Gasteiger partial charge in [0.15, 0.2) is 0 Å². The lowest BCUT2D eigenvalue weighted by Gasteiger charge is -2.22. The van der Waals surface area contributed by atoms with E-state index in [1.54, 1.807) is 0 Å². The maximum atomic E-state index is 10.9. The summed E-state index contributed by atoms with van der Waals surface area (Å²) in [6.45, 7) is 0. The van der Waals surface area contributed by atoms with Crippen LogP contribution in [0.15, 0.2) is 0 Å². The lowest BCUT2D eigenvalue weighted by Crippen LogP contribution is -2.24. The van der Waals surface area contributed by atoms with E-state index >= 15 is 0 Å². The quantitative estimate of drug-likeness (QED) is 0.461. The first-order valence-corrected chi connectivity index (χ1v) is 4.14. The van der Waals surface area contributed by atoms with Crippen molar-refractivity contribution in [2.45, 2.75) is 31.8 Å². The Kier molecular flexibility index (Phi) is 3.20. The van der Waals surface area contributed by atoms with Crippen molar-refractivity contribution in [3.63, 3.8) is 0 Å². The average Bonchev–Trinajstić information content (AvgIpc) is 2.05. The van der Waals surface area contributed by atoms with Gasteiger partial charge in [-0.2, -0.15) is 0 Å². The molecule has 0 aromatic heterocycles. The summed E-state index contributed by atoms with van der Waals surface area (Å²) in [5.41, 5.74) is 0. The Balaban J connectivity index is 2.33. The molecule has 0 aliphatic heterocycles. The first-order valence-electron chi connectivity index (χ1n) is 3.77. The van der Waals surface area contributed by atoms with E-state index in [1.165, 1.54) is 0 Å². The van der Waals surface area contributed by atoms with E-state index in [-0.39, 0.29) is 18.0 Å². The van der Waals surface area contributed by atoms with Crippen LogP contribution >= 0.6 is 12.9 Å². The van der Waals surface area contributed by atoms with Gasteiger partial charge in [0.1, 0.15) is 0 Å². The van der Waals surface area contributed by atoms with Crippen LogP contribution in [0.4, 0.5) is 0 Å². The van der Waals surface area contributed by atoms with Crippen molar-refractivity contribution < 1.29 is 14.1 Å². The number of rotatable bonds is 1. The highest BCUT2D eigenvalue weighted by atomic mass is 32.1. The van der Waals surface area contributed by atoms with E-state index in [9.17, 15) is 4.79 Å². The fraction of sp³-hybridized carbons (Fsp3) is 0.857. The number of hydrogen-bond donors (Lipinski definition) is 2. The number of aliphatic hydroxyl groups excluding tert-OH is 1. The first-order chi connectivity index (χ1) is 5.24. The van der Waals surface area contributed by atoms with E-state index in [4.69, 9.17) is 5.11 Å². The van der Waals surface area contributed by atoms with Gasteiger partial charge in [-0.3, -0.25) is 4.79 Å². The van der Waals surface area contributed by atoms with Gasteiger partial charge < -0.3 is 9.29 Å². The average molecular weight is 176 g/mol. The van der Waals surface area contributed by atoms with Crippen LogP contribution in [0, 0.1) is 5.92 Å². The molecule has 0 amide bonds. The Morgan fingerprint density at radius 2 is 1.91 bits per heavy atom. The monoisotopic (exact) mass is 176 g/mol. The lowest BCUT2D eigenvalue weighted by molar-refractivity contribution is -0.139. The van der Waals surface area contributed by atoms with Gasteiger partial charge in [0, 0.05) is 12.9 Å². The molecule has 0 aromatic carbocycles. The van der Waals surface area contributed by atoms with Gasteiger partial charge in [-0.25, -0.2) is 0 Å². The van der Waals surface area contributed by atoms with Crippen molar-refractivity contribution in [1.29, 1.82) is 0 Å². The molecule has 1 aliphatic carbocycles. The topological polar surface area (TPSA) is 46.5 Å². The first kappa shape index (κ1) is 8.87. The van der Waals surface area contributed by atoms with E-state index < -0.39 is 0 Å². The molecule has 0 heterocycles. The molecule has 64 valence electrons. The normalized spacial score (nSPS) is 31.5. The van der Waals surface area contributed by atoms with Crippen molar-refractivity contribution in [1.82, 2.24) is 0 Å². The molecule has 1 saturated carbocycles. The van der Waals surface area contributed by atoms with Crippen LogP contribution in [0.3, 0.4) is 0 Å². The van der Waals surface area contributed by atoms with Gasteiger partial charge in [-0.15, -0.1) is 0 Å². The Labute approximate surface area is 71.4 Å². The second kappa shape index (κ2) is 3.97. The maximum Gasteiger partial charge on any atom is 0.320 e. The Hall–Kier alpha value is -0.220. The van der Waals surface area contributed by atoms with Crippen LogP contribution in [0.25, 0.3) is 0 Å². The summed E-state index contributed by atoms with van der Waals surface area (Å²) in [6, 6.07) is 0. The minimum atomic E-state index is -0.264. The zero-order chi connectivity index (χ0) is 8.27. The highest BCUT2D eigenvalue weighted by Crippen LogP contribution is 2.25. The molecular weight excluding hydrogens is 164 g/mol. The maximum absolute atomic E-state index is 10.9. The largest absolute Gasteiger partial charge is 0.394 e. The Bertz CT molecular complexity index is 141. The smallest absolute Gasteiger partial charge is 0.320 e. The number of hydrogen-bond acceptors (Lipinski definition) is 4. The molecule has 1 rings (SSSR count). The number of aliphatic hydroxyl groups is 1. The van der Waals surface area contributed by atoms with Gasteiger partial charge in [-0.1, -0.05) is 0 Å². The number of carbonyl (C=O) groups is 1. The van der Waals surface area contributed by atoms with Crippen LogP contribution in [-0.2, 0) is 8.98 Å². The second-order valence-electron chi connectivity index (χ2n) is 2.92. The molecule has 0 atom stereocenters. The second-order valence-corrected chi connectivity index (χ2v) is 3.10. The molecular formula is C7H12O3S. The van der Waals surface area contributed by atoms with Gasteiger partial charge >= 0.3 is 5.97 Å². The van der Waals surface area contributed by atoms with E-state index in [0.29, 0.717) is 12.8 Å². The molecule has 1 N–H and O–H groups in total. The van der Waals surface area contributed by atoms with Gasteiger partial charge in [-0.05, 0) is 25.7 Å². The van der Waals surface area contributed by atoms with E-state index in [0.717, 1.165) is 12.8 Å². The molecule has 4 heteroatoms. The lowest BCUT2D eigenvalue weighted by atomic mass is 9.88. The summed E-state index contributed by atoms with van der Waals surface area (Å²) in [6.07, 6.45) is 2.63. The van der Waals surface area contributed by atoms with Crippen LogP contribution in [0.1, 0.15) is 25.7 Å². The molecule has 0 radical (unpaired) electrons. The van der Waals surface area contributed by atoms with Crippen molar-refractivity contribution >= 4 is 18.9 Å².